The summed E-state index contributed by atoms with van der Waals surface area (Å²) < 4.78 is 0. The summed E-state index contributed by atoms with van der Waals surface area (Å²) in [5.41, 5.74) is 7.53. The van der Waals surface area contributed by atoms with E-state index in [1.165, 1.54) is 29.7 Å². The zero-order chi connectivity index (χ0) is 8.55. The fourth-order valence-electron chi connectivity index (χ4n) is 1.74. The summed E-state index contributed by atoms with van der Waals surface area (Å²) in [4.78, 5) is 1.40. The van der Waals surface area contributed by atoms with Gasteiger partial charge in [0.15, 0.2) is 0 Å². The lowest BCUT2D eigenvalue weighted by molar-refractivity contribution is 0.266. The molecule has 13 heavy (non-hydrogen) atoms. The Morgan fingerprint density at radius 1 is 1.54 bits per heavy atom. The molecular weight excluding hydrogens is 202 g/mol. The molecule has 3 heteroatoms. The number of thiophene rings is 1. The van der Waals surface area contributed by atoms with Crippen LogP contribution < -0.4 is 5.73 Å². The molecule has 0 aromatic carbocycles. The molecule has 0 spiro atoms. The average Bonchev–Trinajstić information content (AvgIpc) is 2.31. The lowest BCUT2D eigenvalue weighted by Gasteiger charge is -2.31. The van der Waals surface area contributed by atoms with Crippen molar-refractivity contribution in [1.82, 2.24) is 0 Å². The van der Waals surface area contributed by atoms with Gasteiger partial charge in [-0.3, -0.25) is 0 Å². The van der Waals surface area contributed by atoms with E-state index in [2.05, 4.69) is 18.4 Å². The van der Waals surface area contributed by atoms with Crippen LogP contribution >= 0.6 is 23.7 Å². The molecule has 0 radical (unpaired) electrons. The molecule has 0 bridgehead atoms. The van der Waals surface area contributed by atoms with Gasteiger partial charge in [-0.15, -0.1) is 23.7 Å². The number of nitrogens with two attached hydrogens (primary N) is 1. The van der Waals surface area contributed by atoms with Crippen LogP contribution in [-0.4, -0.2) is 0 Å². The maximum absolute atomic E-state index is 6.16. The maximum atomic E-state index is 6.16. The molecule has 1 aromatic rings. The highest BCUT2D eigenvalue weighted by atomic mass is 35.5. The molecule has 1 saturated carbocycles. The Hall–Kier alpha value is -0.0500. The lowest BCUT2D eigenvalue weighted by Crippen LogP contribution is -2.26. The molecule has 0 amide bonds. The van der Waals surface area contributed by atoms with Gasteiger partial charge in [0.2, 0.25) is 0 Å². The summed E-state index contributed by atoms with van der Waals surface area (Å²) in [6.07, 6.45) is 4.04. The van der Waals surface area contributed by atoms with Gasteiger partial charge in [-0.1, -0.05) is 6.42 Å². The van der Waals surface area contributed by atoms with Crippen molar-refractivity contribution in [3.63, 3.8) is 0 Å². The van der Waals surface area contributed by atoms with Gasteiger partial charge in [-0.2, -0.15) is 0 Å². The molecule has 74 valence electrons. The Morgan fingerprint density at radius 2 is 2.23 bits per heavy atom. The number of halogens is 1. The number of rotatable bonds is 2. The molecule has 1 aliphatic rings. The molecule has 1 aliphatic carbocycles. The molecule has 1 aromatic heterocycles. The SMILES string of the molecule is Cc1ccsc1[C@H](N)C1CCC1.Cl. The molecular formula is C10H16ClNS. The van der Waals surface area contributed by atoms with Gasteiger partial charge in [0, 0.05) is 10.9 Å². The highest BCUT2D eigenvalue weighted by Gasteiger charge is 2.26. The third kappa shape index (κ3) is 2.06. The van der Waals surface area contributed by atoms with Crippen LogP contribution in [0.2, 0.25) is 0 Å². The molecule has 2 rings (SSSR count). The normalized spacial score (nSPS) is 18.9. The Bertz CT molecular complexity index is 268. The van der Waals surface area contributed by atoms with Crippen LogP contribution in [0, 0.1) is 12.8 Å². The molecule has 1 nitrogen and oxygen atoms in total. The van der Waals surface area contributed by atoms with Gasteiger partial charge in [-0.25, -0.2) is 0 Å². The molecule has 1 atom stereocenters. The quantitative estimate of drug-likeness (QED) is 0.809. The van der Waals surface area contributed by atoms with E-state index in [0.717, 1.165) is 5.92 Å². The summed E-state index contributed by atoms with van der Waals surface area (Å²) in [6, 6.07) is 2.48. The van der Waals surface area contributed by atoms with E-state index in [0.29, 0.717) is 6.04 Å². The number of hydrogen-bond acceptors (Lipinski definition) is 2. The molecule has 0 unspecified atom stereocenters. The molecule has 0 aliphatic heterocycles. The number of hydrogen-bond donors (Lipinski definition) is 1. The Kier molecular flexibility index (Phi) is 3.77. The van der Waals surface area contributed by atoms with E-state index in [9.17, 15) is 0 Å². The van der Waals surface area contributed by atoms with Gasteiger partial charge in [0.1, 0.15) is 0 Å². The summed E-state index contributed by atoms with van der Waals surface area (Å²) in [7, 11) is 0. The maximum Gasteiger partial charge on any atom is 0.0421 e. The predicted molar refractivity (Wildman–Crippen MR) is 60.6 cm³/mol. The highest BCUT2D eigenvalue weighted by molar-refractivity contribution is 7.10. The topological polar surface area (TPSA) is 26.0 Å². The monoisotopic (exact) mass is 217 g/mol. The first-order valence-corrected chi connectivity index (χ1v) is 5.46. The van der Waals surface area contributed by atoms with Crippen LogP contribution in [0.5, 0.6) is 0 Å². The van der Waals surface area contributed by atoms with Crippen molar-refractivity contribution < 1.29 is 0 Å². The second kappa shape index (κ2) is 4.45. The third-order valence-corrected chi connectivity index (χ3v) is 3.98. The minimum atomic E-state index is 0. The molecule has 1 heterocycles. The fourth-order valence-corrected chi connectivity index (χ4v) is 2.76. The largest absolute Gasteiger partial charge is 0.323 e. The van der Waals surface area contributed by atoms with Crippen molar-refractivity contribution in [3.05, 3.63) is 21.9 Å². The summed E-state index contributed by atoms with van der Waals surface area (Å²) in [6.45, 7) is 2.16. The fraction of sp³-hybridized carbons (Fsp3) is 0.600. The second-order valence-corrected chi connectivity index (χ2v) is 4.63. The minimum absolute atomic E-state index is 0. The van der Waals surface area contributed by atoms with Crippen molar-refractivity contribution >= 4 is 23.7 Å². The van der Waals surface area contributed by atoms with Crippen molar-refractivity contribution in [2.24, 2.45) is 11.7 Å². The van der Waals surface area contributed by atoms with E-state index in [1.54, 1.807) is 0 Å². The van der Waals surface area contributed by atoms with E-state index < -0.39 is 0 Å². The minimum Gasteiger partial charge on any atom is -0.323 e. The van der Waals surface area contributed by atoms with Crippen LogP contribution in [0.25, 0.3) is 0 Å². The van der Waals surface area contributed by atoms with Crippen LogP contribution in [0.3, 0.4) is 0 Å². The number of aryl methyl sites for hydroxylation is 1. The van der Waals surface area contributed by atoms with E-state index >= 15 is 0 Å². The van der Waals surface area contributed by atoms with Crippen molar-refractivity contribution in [2.45, 2.75) is 32.2 Å². The summed E-state index contributed by atoms with van der Waals surface area (Å²) in [5, 5.41) is 2.14. The van der Waals surface area contributed by atoms with E-state index in [4.69, 9.17) is 5.73 Å². The van der Waals surface area contributed by atoms with Crippen molar-refractivity contribution in [3.8, 4) is 0 Å². The van der Waals surface area contributed by atoms with Crippen LogP contribution in [-0.2, 0) is 0 Å². The van der Waals surface area contributed by atoms with Crippen LogP contribution in [0.4, 0.5) is 0 Å². The van der Waals surface area contributed by atoms with E-state index in [1.807, 2.05) is 11.3 Å². The Morgan fingerprint density at radius 3 is 2.62 bits per heavy atom. The van der Waals surface area contributed by atoms with Gasteiger partial charge in [0.25, 0.3) is 0 Å². The van der Waals surface area contributed by atoms with Crippen molar-refractivity contribution in [2.75, 3.05) is 0 Å². The van der Waals surface area contributed by atoms with Gasteiger partial charge < -0.3 is 5.73 Å². The van der Waals surface area contributed by atoms with Crippen molar-refractivity contribution in [1.29, 1.82) is 0 Å². The second-order valence-electron chi connectivity index (χ2n) is 3.68. The average molecular weight is 218 g/mol. The third-order valence-electron chi connectivity index (χ3n) is 2.86. The highest BCUT2D eigenvalue weighted by Crippen LogP contribution is 2.38. The van der Waals surface area contributed by atoms with Gasteiger partial charge >= 0.3 is 0 Å². The zero-order valence-corrected chi connectivity index (χ0v) is 9.46. The van der Waals surface area contributed by atoms with E-state index in [-0.39, 0.29) is 12.4 Å². The smallest absolute Gasteiger partial charge is 0.0421 e. The molecule has 0 saturated heterocycles. The van der Waals surface area contributed by atoms with Gasteiger partial charge in [-0.05, 0) is 42.7 Å². The first kappa shape index (κ1) is 11.0. The van der Waals surface area contributed by atoms with Gasteiger partial charge in [0.05, 0.1) is 0 Å². The Balaban J connectivity index is 0.000000845. The molecule has 2 N–H and O–H groups in total. The lowest BCUT2D eigenvalue weighted by atomic mass is 9.79. The Labute approximate surface area is 89.7 Å². The van der Waals surface area contributed by atoms with Crippen LogP contribution in [0.15, 0.2) is 11.4 Å². The first-order chi connectivity index (χ1) is 5.79. The predicted octanol–water partition coefficient (Wildman–Crippen LogP) is 3.28. The first-order valence-electron chi connectivity index (χ1n) is 4.58. The summed E-state index contributed by atoms with van der Waals surface area (Å²) in [5.74, 6) is 0.766. The zero-order valence-electron chi connectivity index (χ0n) is 7.82. The standard InChI is InChI=1S/C10H15NS.ClH/c1-7-5-6-12-10(7)9(11)8-3-2-4-8;/h5-6,8-9H,2-4,11H2,1H3;1H/t9-;/m1./s1. The summed E-state index contributed by atoms with van der Waals surface area (Å²) >= 11 is 1.81. The molecule has 1 fully saturated rings. The van der Waals surface area contributed by atoms with Crippen LogP contribution in [0.1, 0.15) is 35.7 Å².